The third-order valence-corrected chi connectivity index (χ3v) is 5.18. The van der Waals surface area contributed by atoms with Crippen molar-refractivity contribution in [1.29, 1.82) is 0 Å². The number of halogens is 1. The summed E-state index contributed by atoms with van der Waals surface area (Å²) in [5.74, 6) is 2.47. The molecule has 2 aromatic rings. The maximum Gasteiger partial charge on any atom is 0.193 e. The minimum absolute atomic E-state index is 0. The van der Waals surface area contributed by atoms with Gasteiger partial charge in [-0.2, -0.15) is 0 Å². The summed E-state index contributed by atoms with van der Waals surface area (Å²) < 4.78 is 11.3. The van der Waals surface area contributed by atoms with Gasteiger partial charge >= 0.3 is 0 Å². The molecule has 1 heterocycles. The van der Waals surface area contributed by atoms with E-state index in [1.54, 1.807) is 7.11 Å². The molecule has 30 heavy (non-hydrogen) atoms. The highest BCUT2D eigenvalue weighted by molar-refractivity contribution is 14.0. The first kappa shape index (κ1) is 24.5. The first-order valence-corrected chi connectivity index (χ1v) is 10.6. The van der Waals surface area contributed by atoms with Crippen molar-refractivity contribution in [2.75, 3.05) is 39.9 Å². The van der Waals surface area contributed by atoms with Gasteiger partial charge in [-0.15, -0.1) is 24.0 Å². The molecular weight excluding hydrogens is 489 g/mol. The molecule has 2 aromatic carbocycles. The predicted octanol–water partition coefficient (Wildman–Crippen LogP) is 4.36. The molecule has 0 aromatic heterocycles. The monoisotopic (exact) mass is 523 g/mol. The van der Waals surface area contributed by atoms with E-state index in [1.165, 1.54) is 11.1 Å². The number of rotatable bonds is 9. The lowest BCUT2D eigenvalue weighted by Gasteiger charge is -2.21. The van der Waals surface area contributed by atoms with E-state index in [4.69, 9.17) is 14.5 Å². The summed E-state index contributed by atoms with van der Waals surface area (Å²) in [5, 5.41) is 3.45. The Morgan fingerprint density at radius 3 is 2.70 bits per heavy atom. The van der Waals surface area contributed by atoms with Crippen molar-refractivity contribution in [2.45, 2.75) is 26.4 Å². The third kappa shape index (κ3) is 7.80. The summed E-state index contributed by atoms with van der Waals surface area (Å²) in [6.07, 6.45) is 2.05. The molecular formula is C24H34IN3O2. The van der Waals surface area contributed by atoms with E-state index < -0.39 is 0 Å². The van der Waals surface area contributed by atoms with Gasteiger partial charge in [0.1, 0.15) is 5.75 Å². The largest absolute Gasteiger partial charge is 0.497 e. The molecule has 0 bridgehead atoms. The van der Waals surface area contributed by atoms with Gasteiger partial charge in [0.25, 0.3) is 0 Å². The lowest BCUT2D eigenvalue weighted by Crippen LogP contribution is -2.40. The van der Waals surface area contributed by atoms with Gasteiger partial charge in [0.2, 0.25) is 0 Å². The van der Waals surface area contributed by atoms with Gasteiger partial charge in [-0.25, -0.2) is 0 Å². The van der Waals surface area contributed by atoms with Crippen LogP contribution < -0.4 is 10.1 Å². The molecule has 0 amide bonds. The molecule has 1 aliphatic rings. The minimum atomic E-state index is 0. The Kier molecular flexibility index (Phi) is 11.0. The topological polar surface area (TPSA) is 46.1 Å². The van der Waals surface area contributed by atoms with Crippen molar-refractivity contribution in [3.05, 3.63) is 65.7 Å². The fourth-order valence-electron chi connectivity index (χ4n) is 3.62. The predicted molar refractivity (Wildman–Crippen MR) is 134 cm³/mol. The van der Waals surface area contributed by atoms with E-state index in [9.17, 15) is 0 Å². The Morgan fingerprint density at radius 1 is 1.13 bits per heavy atom. The average Bonchev–Trinajstić information content (AvgIpc) is 3.23. The molecule has 164 valence electrons. The van der Waals surface area contributed by atoms with Gasteiger partial charge in [0, 0.05) is 32.1 Å². The van der Waals surface area contributed by atoms with Crippen LogP contribution in [0, 0.1) is 5.92 Å². The van der Waals surface area contributed by atoms with Crippen LogP contribution >= 0.6 is 24.0 Å². The number of ether oxygens (including phenoxy) is 2. The molecule has 5 nitrogen and oxygen atoms in total. The SMILES string of the molecule is CCNC(=NCCc1cccc(OC)c1)N1CCC(COCc2ccccc2)C1.I. The molecule has 1 unspecified atom stereocenters. The Labute approximate surface area is 197 Å². The summed E-state index contributed by atoms with van der Waals surface area (Å²) in [5.41, 5.74) is 2.48. The number of hydrogen-bond acceptors (Lipinski definition) is 3. The number of aliphatic imine (C=N–C) groups is 1. The summed E-state index contributed by atoms with van der Waals surface area (Å²) >= 11 is 0. The Balaban J connectivity index is 0.00000320. The van der Waals surface area contributed by atoms with Gasteiger partial charge in [-0.3, -0.25) is 4.99 Å². The normalized spacial score (nSPS) is 16.3. The molecule has 3 rings (SSSR count). The zero-order valence-corrected chi connectivity index (χ0v) is 20.4. The van der Waals surface area contributed by atoms with E-state index in [0.29, 0.717) is 12.5 Å². The molecule has 0 spiro atoms. The number of methoxy groups -OCH3 is 1. The maximum atomic E-state index is 5.95. The molecule has 0 radical (unpaired) electrons. The number of nitrogens with one attached hydrogen (secondary N) is 1. The standard InChI is InChI=1S/C24H33N3O2.HI/c1-3-25-24(26-14-12-20-10-7-11-23(16-20)28-2)27-15-13-22(17-27)19-29-18-21-8-5-4-6-9-21;/h4-11,16,22H,3,12-15,17-19H2,1-2H3,(H,25,26);1H. The Hall–Kier alpha value is -1.80. The highest BCUT2D eigenvalue weighted by Gasteiger charge is 2.24. The van der Waals surface area contributed by atoms with Crippen molar-refractivity contribution >= 4 is 29.9 Å². The van der Waals surface area contributed by atoms with Crippen LogP contribution in [0.25, 0.3) is 0 Å². The van der Waals surface area contributed by atoms with Crippen LogP contribution in [0.5, 0.6) is 5.75 Å². The van der Waals surface area contributed by atoms with E-state index in [1.807, 2.05) is 18.2 Å². The lowest BCUT2D eigenvalue weighted by molar-refractivity contribution is 0.0907. The zero-order valence-electron chi connectivity index (χ0n) is 18.0. The van der Waals surface area contributed by atoms with E-state index in [0.717, 1.165) is 57.3 Å². The molecule has 1 atom stereocenters. The van der Waals surface area contributed by atoms with Crippen LogP contribution in [0.1, 0.15) is 24.5 Å². The fraction of sp³-hybridized carbons (Fsp3) is 0.458. The highest BCUT2D eigenvalue weighted by atomic mass is 127. The van der Waals surface area contributed by atoms with Crippen molar-refractivity contribution in [2.24, 2.45) is 10.9 Å². The molecule has 1 aliphatic heterocycles. The van der Waals surface area contributed by atoms with Crippen molar-refractivity contribution in [3.8, 4) is 5.75 Å². The molecule has 0 aliphatic carbocycles. The van der Waals surface area contributed by atoms with Crippen LogP contribution in [-0.2, 0) is 17.8 Å². The molecule has 1 saturated heterocycles. The van der Waals surface area contributed by atoms with Gasteiger partial charge in [-0.05, 0) is 43.0 Å². The van der Waals surface area contributed by atoms with Crippen LogP contribution in [0.15, 0.2) is 59.6 Å². The quantitative estimate of drug-likeness (QED) is 0.302. The first-order valence-electron chi connectivity index (χ1n) is 10.6. The number of benzene rings is 2. The number of likely N-dealkylation sites (tertiary alicyclic amines) is 1. The first-order chi connectivity index (χ1) is 14.3. The Bertz CT molecular complexity index is 770. The highest BCUT2D eigenvalue weighted by Crippen LogP contribution is 2.18. The second-order valence-electron chi connectivity index (χ2n) is 7.44. The van der Waals surface area contributed by atoms with Crippen LogP contribution in [0.4, 0.5) is 0 Å². The molecule has 6 heteroatoms. The third-order valence-electron chi connectivity index (χ3n) is 5.18. The molecule has 1 fully saturated rings. The summed E-state index contributed by atoms with van der Waals surface area (Å²) in [4.78, 5) is 7.23. The minimum Gasteiger partial charge on any atom is -0.497 e. The van der Waals surface area contributed by atoms with Gasteiger partial charge in [0.05, 0.1) is 20.3 Å². The van der Waals surface area contributed by atoms with Crippen molar-refractivity contribution < 1.29 is 9.47 Å². The zero-order chi connectivity index (χ0) is 20.3. The van der Waals surface area contributed by atoms with Crippen LogP contribution in [0.2, 0.25) is 0 Å². The molecule has 1 N–H and O–H groups in total. The Morgan fingerprint density at radius 2 is 1.93 bits per heavy atom. The fourth-order valence-corrected chi connectivity index (χ4v) is 3.62. The summed E-state index contributed by atoms with van der Waals surface area (Å²) in [7, 11) is 1.70. The van der Waals surface area contributed by atoms with Crippen molar-refractivity contribution in [1.82, 2.24) is 10.2 Å². The lowest BCUT2D eigenvalue weighted by atomic mass is 10.1. The smallest absolute Gasteiger partial charge is 0.193 e. The van der Waals surface area contributed by atoms with Crippen molar-refractivity contribution in [3.63, 3.8) is 0 Å². The number of nitrogens with zero attached hydrogens (tertiary/aromatic N) is 2. The van der Waals surface area contributed by atoms with E-state index >= 15 is 0 Å². The van der Waals surface area contributed by atoms with Gasteiger partial charge < -0.3 is 19.7 Å². The number of hydrogen-bond donors (Lipinski definition) is 1. The second kappa shape index (κ2) is 13.5. The number of guanidine groups is 1. The maximum absolute atomic E-state index is 5.95. The summed E-state index contributed by atoms with van der Waals surface area (Å²) in [6.45, 7) is 7.28. The summed E-state index contributed by atoms with van der Waals surface area (Å²) in [6, 6.07) is 18.6. The average molecular weight is 523 g/mol. The van der Waals surface area contributed by atoms with Crippen LogP contribution in [-0.4, -0.2) is 50.8 Å². The second-order valence-corrected chi connectivity index (χ2v) is 7.44. The van der Waals surface area contributed by atoms with E-state index in [2.05, 4.69) is 53.5 Å². The van der Waals surface area contributed by atoms with Gasteiger partial charge in [0.15, 0.2) is 5.96 Å². The van der Waals surface area contributed by atoms with E-state index in [-0.39, 0.29) is 24.0 Å². The molecule has 0 saturated carbocycles. The van der Waals surface area contributed by atoms with Gasteiger partial charge in [-0.1, -0.05) is 42.5 Å². The van der Waals surface area contributed by atoms with Crippen LogP contribution in [0.3, 0.4) is 0 Å².